The van der Waals surface area contributed by atoms with Gasteiger partial charge >= 0.3 is 0 Å². The van der Waals surface area contributed by atoms with Gasteiger partial charge in [-0.2, -0.15) is 0 Å². The summed E-state index contributed by atoms with van der Waals surface area (Å²) in [5.74, 6) is -1.17. The summed E-state index contributed by atoms with van der Waals surface area (Å²) in [4.78, 5) is 4.49. The number of hydrogen-bond donors (Lipinski definition) is 0. The van der Waals surface area contributed by atoms with Crippen LogP contribution in [0.2, 0.25) is 0 Å². The normalized spacial score (nSPS) is 12.8. The van der Waals surface area contributed by atoms with Crippen molar-refractivity contribution in [1.82, 2.24) is 4.98 Å². The van der Waals surface area contributed by atoms with E-state index in [2.05, 4.69) is 4.98 Å². The van der Waals surface area contributed by atoms with Gasteiger partial charge in [0.2, 0.25) is 0 Å². The van der Waals surface area contributed by atoms with Crippen molar-refractivity contribution in [2.24, 2.45) is 0 Å². The van der Waals surface area contributed by atoms with Crippen LogP contribution in [0, 0.1) is 18.6 Å². The van der Waals surface area contributed by atoms with Gasteiger partial charge in [-0.25, -0.2) is 13.8 Å². The molecule has 1 atom stereocenters. The first-order valence-corrected chi connectivity index (χ1v) is 7.74. The SMILES string of the molecule is Cc1cc(C(Cl)Cc2nc3ccccc3s2)c(F)cc1F. The minimum Gasteiger partial charge on any atom is -0.241 e. The van der Waals surface area contributed by atoms with E-state index in [1.807, 2.05) is 24.3 Å². The van der Waals surface area contributed by atoms with Crippen LogP contribution in [-0.4, -0.2) is 4.98 Å². The summed E-state index contributed by atoms with van der Waals surface area (Å²) in [6, 6.07) is 10.1. The number of halogens is 3. The predicted octanol–water partition coefficient (Wildman–Crippen LogP) is 5.41. The van der Waals surface area contributed by atoms with Gasteiger partial charge in [-0.1, -0.05) is 12.1 Å². The maximum Gasteiger partial charge on any atom is 0.130 e. The second-order valence-corrected chi connectivity index (χ2v) is 6.51. The fraction of sp³-hybridized carbons (Fsp3) is 0.188. The lowest BCUT2D eigenvalue weighted by Crippen LogP contribution is -2.01. The quantitative estimate of drug-likeness (QED) is 0.588. The van der Waals surface area contributed by atoms with Crippen molar-refractivity contribution in [2.45, 2.75) is 18.7 Å². The van der Waals surface area contributed by atoms with Gasteiger partial charge < -0.3 is 0 Å². The number of thiazole rings is 1. The summed E-state index contributed by atoms with van der Waals surface area (Å²) in [5.41, 5.74) is 1.62. The molecular weight excluding hydrogens is 312 g/mol. The van der Waals surface area contributed by atoms with Crippen LogP contribution in [0.25, 0.3) is 10.2 Å². The van der Waals surface area contributed by atoms with Gasteiger partial charge in [0.25, 0.3) is 0 Å². The molecule has 1 nitrogen and oxygen atoms in total. The van der Waals surface area contributed by atoms with Crippen LogP contribution < -0.4 is 0 Å². The molecule has 5 heteroatoms. The number of benzene rings is 2. The summed E-state index contributed by atoms with van der Waals surface area (Å²) >= 11 is 7.84. The number of fused-ring (bicyclic) bond motifs is 1. The Hall–Kier alpha value is -1.52. The van der Waals surface area contributed by atoms with Crippen molar-refractivity contribution in [3.8, 4) is 0 Å². The topological polar surface area (TPSA) is 12.9 Å². The lowest BCUT2D eigenvalue weighted by Gasteiger charge is -2.10. The summed E-state index contributed by atoms with van der Waals surface area (Å²) in [6.45, 7) is 1.60. The maximum atomic E-state index is 13.8. The van der Waals surface area contributed by atoms with Crippen LogP contribution in [0.5, 0.6) is 0 Å². The molecule has 21 heavy (non-hydrogen) atoms. The molecule has 0 saturated heterocycles. The van der Waals surface area contributed by atoms with Gasteiger partial charge in [0, 0.05) is 18.1 Å². The van der Waals surface area contributed by atoms with Crippen LogP contribution in [0.1, 0.15) is 21.5 Å². The summed E-state index contributed by atoms with van der Waals surface area (Å²) < 4.78 is 28.2. The standard InChI is InChI=1S/C16H12ClF2NS/c1-9-6-10(13(19)8-12(9)18)11(17)7-16-20-14-4-2-3-5-15(14)21-16/h2-6,8,11H,7H2,1H3. The van der Waals surface area contributed by atoms with Crippen LogP contribution in [0.3, 0.4) is 0 Å². The van der Waals surface area contributed by atoms with Gasteiger partial charge in [0.1, 0.15) is 11.6 Å². The van der Waals surface area contributed by atoms with Crippen molar-refractivity contribution in [1.29, 1.82) is 0 Å². The number of rotatable bonds is 3. The largest absolute Gasteiger partial charge is 0.241 e. The molecule has 3 rings (SSSR count). The van der Waals surface area contributed by atoms with E-state index in [1.54, 1.807) is 18.3 Å². The zero-order valence-electron chi connectivity index (χ0n) is 11.2. The highest BCUT2D eigenvalue weighted by Crippen LogP contribution is 2.31. The fourth-order valence-electron chi connectivity index (χ4n) is 2.19. The monoisotopic (exact) mass is 323 g/mol. The minimum absolute atomic E-state index is 0.315. The van der Waals surface area contributed by atoms with Crippen molar-refractivity contribution < 1.29 is 8.78 Å². The predicted molar refractivity (Wildman–Crippen MR) is 83.0 cm³/mol. The van der Waals surface area contributed by atoms with E-state index >= 15 is 0 Å². The fourth-order valence-corrected chi connectivity index (χ4v) is 3.61. The molecule has 0 radical (unpaired) electrons. The number of alkyl halides is 1. The number of para-hydroxylation sites is 1. The molecule has 0 spiro atoms. The second kappa shape index (κ2) is 5.70. The molecule has 1 aromatic heterocycles. The van der Waals surface area contributed by atoms with E-state index < -0.39 is 17.0 Å². The molecule has 2 aromatic carbocycles. The Kier molecular flexibility index (Phi) is 3.91. The Morgan fingerprint density at radius 2 is 1.95 bits per heavy atom. The molecule has 3 aromatic rings. The first kappa shape index (κ1) is 14.4. The number of hydrogen-bond acceptors (Lipinski definition) is 2. The van der Waals surface area contributed by atoms with E-state index in [9.17, 15) is 8.78 Å². The van der Waals surface area contributed by atoms with E-state index in [0.717, 1.165) is 21.3 Å². The summed E-state index contributed by atoms with van der Waals surface area (Å²) in [5, 5.41) is 0.280. The van der Waals surface area contributed by atoms with Crippen LogP contribution >= 0.6 is 22.9 Å². The van der Waals surface area contributed by atoms with E-state index in [-0.39, 0.29) is 0 Å². The third kappa shape index (κ3) is 2.92. The lowest BCUT2D eigenvalue weighted by molar-refractivity contribution is 0.564. The average Bonchev–Trinajstić information content (AvgIpc) is 2.84. The number of nitrogens with zero attached hydrogens (tertiary/aromatic N) is 1. The maximum absolute atomic E-state index is 13.8. The van der Waals surface area contributed by atoms with Crippen molar-refractivity contribution in [3.05, 3.63) is 64.2 Å². The molecule has 0 saturated carbocycles. The van der Waals surface area contributed by atoms with Gasteiger partial charge in [0.15, 0.2) is 0 Å². The molecule has 0 fully saturated rings. The molecule has 0 N–H and O–H groups in total. The van der Waals surface area contributed by atoms with Crippen molar-refractivity contribution in [2.75, 3.05) is 0 Å². The van der Waals surface area contributed by atoms with Gasteiger partial charge in [-0.05, 0) is 30.7 Å². The highest BCUT2D eigenvalue weighted by molar-refractivity contribution is 7.18. The van der Waals surface area contributed by atoms with E-state index in [1.165, 1.54) is 6.07 Å². The molecule has 1 heterocycles. The van der Waals surface area contributed by atoms with E-state index in [4.69, 9.17) is 11.6 Å². The Balaban J connectivity index is 1.89. The zero-order chi connectivity index (χ0) is 15.0. The average molecular weight is 324 g/mol. The minimum atomic E-state index is -0.612. The Labute approximate surface area is 130 Å². The highest BCUT2D eigenvalue weighted by atomic mass is 35.5. The van der Waals surface area contributed by atoms with Crippen molar-refractivity contribution >= 4 is 33.2 Å². The van der Waals surface area contributed by atoms with Gasteiger partial charge in [-0.15, -0.1) is 22.9 Å². The molecule has 0 aliphatic rings. The van der Waals surface area contributed by atoms with Crippen LogP contribution in [0.15, 0.2) is 36.4 Å². The molecular formula is C16H12ClF2NS. The third-order valence-corrected chi connectivity index (χ3v) is 4.76. The number of aryl methyl sites for hydroxylation is 1. The highest BCUT2D eigenvalue weighted by Gasteiger charge is 2.18. The van der Waals surface area contributed by atoms with Crippen molar-refractivity contribution in [3.63, 3.8) is 0 Å². The van der Waals surface area contributed by atoms with Crippen LogP contribution in [-0.2, 0) is 6.42 Å². The van der Waals surface area contributed by atoms with Gasteiger partial charge in [0.05, 0.1) is 20.6 Å². The molecule has 108 valence electrons. The molecule has 0 bridgehead atoms. The van der Waals surface area contributed by atoms with Gasteiger partial charge in [-0.3, -0.25) is 0 Å². The first-order valence-electron chi connectivity index (χ1n) is 6.48. The Morgan fingerprint density at radius 1 is 1.19 bits per heavy atom. The third-order valence-electron chi connectivity index (χ3n) is 3.31. The molecule has 0 aliphatic heterocycles. The molecule has 0 aliphatic carbocycles. The molecule has 1 unspecified atom stereocenters. The number of aromatic nitrogens is 1. The summed E-state index contributed by atoms with van der Waals surface area (Å²) in [7, 11) is 0. The Morgan fingerprint density at radius 3 is 2.71 bits per heavy atom. The zero-order valence-corrected chi connectivity index (χ0v) is 12.8. The smallest absolute Gasteiger partial charge is 0.130 e. The van der Waals surface area contributed by atoms with E-state index in [0.29, 0.717) is 17.5 Å². The molecule has 0 amide bonds. The lowest BCUT2D eigenvalue weighted by atomic mass is 10.1. The van der Waals surface area contributed by atoms with Crippen LogP contribution in [0.4, 0.5) is 8.78 Å². The second-order valence-electron chi connectivity index (χ2n) is 4.87. The summed E-state index contributed by atoms with van der Waals surface area (Å²) in [6.07, 6.45) is 0.420. The Bertz CT molecular complexity index is 767. The first-order chi connectivity index (χ1) is 10.0.